The van der Waals surface area contributed by atoms with E-state index in [-0.39, 0.29) is 12.2 Å². The molecule has 0 saturated heterocycles. The largest absolute Gasteiger partial charge is 0.398 e. The molecule has 2 aliphatic carbocycles. The Hall–Kier alpha value is 0.194. The summed E-state index contributed by atoms with van der Waals surface area (Å²) in [6.07, 6.45) is 10.3. The zero-order valence-electron chi connectivity index (χ0n) is 21.5. The van der Waals surface area contributed by atoms with E-state index in [1.807, 2.05) is 0 Å². The van der Waals surface area contributed by atoms with Gasteiger partial charge in [-0.25, -0.2) is 0 Å². The standard InChI is InChI=1S/C24H50O6Si2/c1-27-31(5,28-2)15-7-9-19-11-13-21(17-23(19)25)22-14-12-20(24(26)18-22)10-8-16-32(6,29-3)30-4/h19-26H,7-18H2,1-6H3. The summed E-state index contributed by atoms with van der Waals surface area (Å²) < 4.78 is 22.4. The lowest BCUT2D eigenvalue weighted by Gasteiger charge is -2.42. The molecule has 0 aromatic carbocycles. The highest BCUT2D eigenvalue weighted by Crippen LogP contribution is 2.43. The molecular formula is C24H50O6Si2. The van der Waals surface area contributed by atoms with Gasteiger partial charge in [-0.05, 0) is 100 Å². The summed E-state index contributed by atoms with van der Waals surface area (Å²) in [5, 5.41) is 21.7. The minimum Gasteiger partial charge on any atom is -0.398 e. The zero-order chi connectivity index (χ0) is 23.8. The maximum absolute atomic E-state index is 10.8. The summed E-state index contributed by atoms with van der Waals surface area (Å²) in [5.41, 5.74) is 0. The molecule has 0 aliphatic heterocycles. The lowest BCUT2D eigenvalue weighted by molar-refractivity contribution is -0.0155. The number of hydrogen-bond acceptors (Lipinski definition) is 6. The van der Waals surface area contributed by atoms with Crippen molar-refractivity contribution >= 4 is 17.1 Å². The van der Waals surface area contributed by atoms with Crippen LogP contribution in [0, 0.1) is 23.7 Å². The van der Waals surface area contributed by atoms with Gasteiger partial charge in [-0.2, -0.15) is 0 Å². The lowest BCUT2D eigenvalue weighted by atomic mass is 9.66. The maximum atomic E-state index is 10.8. The zero-order valence-corrected chi connectivity index (χ0v) is 23.5. The summed E-state index contributed by atoms with van der Waals surface area (Å²) in [6, 6.07) is 1.97. The fraction of sp³-hybridized carbons (Fsp3) is 1.00. The Bertz CT molecular complexity index is 483. The van der Waals surface area contributed by atoms with Crippen LogP contribution in [-0.2, 0) is 17.7 Å². The van der Waals surface area contributed by atoms with E-state index >= 15 is 0 Å². The van der Waals surface area contributed by atoms with Crippen molar-refractivity contribution in [3.8, 4) is 0 Å². The molecule has 0 aromatic rings. The molecule has 2 rings (SSSR count). The Morgan fingerprint density at radius 3 is 1.25 bits per heavy atom. The highest BCUT2D eigenvalue weighted by Gasteiger charge is 2.38. The highest BCUT2D eigenvalue weighted by molar-refractivity contribution is 6.66. The fourth-order valence-electron chi connectivity index (χ4n) is 5.96. The third-order valence-corrected chi connectivity index (χ3v) is 14.8. The molecule has 8 heteroatoms. The van der Waals surface area contributed by atoms with Gasteiger partial charge in [-0.15, -0.1) is 0 Å². The molecule has 0 spiro atoms. The molecule has 0 radical (unpaired) electrons. The molecule has 2 N–H and O–H groups in total. The molecule has 2 fully saturated rings. The van der Waals surface area contributed by atoms with E-state index in [1.54, 1.807) is 28.4 Å². The van der Waals surface area contributed by atoms with Crippen LogP contribution >= 0.6 is 0 Å². The number of aliphatic hydroxyl groups excluding tert-OH is 2. The smallest absolute Gasteiger partial charge is 0.334 e. The van der Waals surface area contributed by atoms with Crippen LogP contribution in [0.4, 0.5) is 0 Å². The van der Waals surface area contributed by atoms with Gasteiger partial charge in [-0.1, -0.05) is 12.8 Å². The molecular weight excluding hydrogens is 440 g/mol. The fourth-order valence-corrected chi connectivity index (χ4v) is 8.80. The third kappa shape index (κ3) is 8.15. The molecule has 6 nitrogen and oxygen atoms in total. The molecule has 2 saturated carbocycles. The summed E-state index contributed by atoms with van der Waals surface area (Å²) >= 11 is 0. The van der Waals surface area contributed by atoms with Crippen LogP contribution < -0.4 is 0 Å². The third-order valence-electron chi connectivity index (χ3n) is 8.80. The van der Waals surface area contributed by atoms with E-state index in [0.717, 1.165) is 63.5 Å². The Labute approximate surface area is 198 Å². The maximum Gasteiger partial charge on any atom is 0.334 e. The van der Waals surface area contributed by atoms with Crippen LogP contribution in [0.1, 0.15) is 64.2 Å². The molecule has 6 atom stereocenters. The minimum absolute atomic E-state index is 0.202. The van der Waals surface area contributed by atoms with Crippen LogP contribution in [0.15, 0.2) is 0 Å². The first-order chi connectivity index (χ1) is 15.2. The topological polar surface area (TPSA) is 77.4 Å². The Morgan fingerprint density at radius 1 is 0.625 bits per heavy atom. The summed E-state index contributed by atoms with van der Waals surface area (Å²) in [4.78, 5) is 0. The van der Waals surface area contributed by atoms with Gasteiger partial charge in [0.15, 0.2) is 0 Å². The molecule has 6 unspecified atom stereocenters. The van der Waals surface area contributed by atoms with Gasteiger partial charge in [0.25, 0.3) is 0 Å². The Balaban J connectivity index is 1.72. The highest BCUT2D eigenvalue weighted by atomic mass is 28.4. The van der Waals surface area contributed by atoms with Crippen molar-refractivity contribution in [2.45, 2.75) is 102 Å². The van der Waals surface area contributed by atoms with Crippen molar-refractivity contribution in [1.82, 2.24) is 0 Å². The number of aliphatic hydroxyl groups is 2. The van der Waals surface area contributed by atoms with E-state index in [9.17, 15) is 10.2 Å². The van der Waals surface area contributed by atoms with Gasteiger partial charge in [0.05, 0.1) is 12.2 Å². The number of hydrogen-bond donors (Lipinski definition) is 2. The average Bonchev–Trinajstić information content (AvgIpc) is 2.80. The van der Waals surface area contributed by atoms with Gasteiger partial charge >= 0.3 is 17.1 Å². The Kier molecular flexibility index (Phi) is 11.8. The van der Waals surface area contributed by atoms with Crippen molar-refractivity contribution in [2.75, 3.05) is 28.4 Å². The predicted molar refractivity (Wildman–Crippen MR) is 133 cm³/mol. The van der Waals surface area contributed by atoms with Gasteiger partial charge < -0.3 is 27.9 Å². The summed E-state index contributed by atoms with van der Waals surface area (Å²) in [7, 11) is 2.98. The average molecular weight is 491 g/mol. The van der Waals surface area contributed by atoms with Crippen molar-refractivity contribution in [2.24, 2.45) is 23.7 Å². The second-order valence-corrected chi connectivity index (χ2v) is 17.8. The van der Waals surface area contributed by atoms with E-state index in [2.05, 4.69) is 13.1 Å². The van der Waals surface area contributed by atoms with Gasteiger partial charge in [0, 0.05) is 28.4 Å². The first-order valence-electron chi connectivity index (χ1n) is 12.8. The van der Waals surface area contributed by atoms with Gasteiger partial charge in [0.2, 0.25) is 0 Å². The monoisotopic (exact) mass is 490 g/mol. The van der Waals surface area contributed by atoms with E-state index in [1.165, 1.54) is 12.8 Å². The van der Waals surface area contributed by atoms with Crippen molar-refractivity contribution in [1.29, 1.82) is 0 Å². The van der Waals surface area contributed by atoms with Crippen molar-refractivity contribution in [3.63, 3.8) is 0 Å². The van der Waals surface area contributed by atoms with Crippen LogP contribution in [-0.4, -0.2) is 68.0 Å². The minimum atomic E-state index is -2.00. The first-order valence-corrected chi connectivity index (χ1v) is 17.8. The SMILES string of the molecule is CO[Si](C)(CCCC1CCC(C2CCC(CCC[Si](C)(OC)OC)C(O)C2)CC1O)OC. The number of rotatable bonds is 13. The quantitative estimate of drug-likeness (QED) is 0.360. The molecule has 2 aliphatic rings. The molecule has 0 heterocycles. The van der Waals surface area contributed by atoms with Crippen LogP contribution in [0.2, 0.25) is 25.2 Å². The van der Waals surface area contributed by atoms with E-state index in [0.29, 0.717) is 23.7 Å². The predicted octanol–water partition coefficient (Wildman–Crippen LogP) is 4.83. The van der Waals surface area contributed by atoms with Gasteiger partial charge in [-0.3, -0.25) is 0 Å². The lowest BCUT2D eigenvalue weighted by Crippen LogP contribution is -2.39. The summed E-state index contributed by atoms with van der Waals surface area (Å²) in [5.74, 6) is 1.93. The molecule has 190 valence electrons. The van der Waals surface area contributed by atoms with Crippen molar-refractivity contribution in [3.05, 3.63) is 0 Å². The molecule has 0 amide bonds. The first kappa shape index (κ1) is 28.4. The molecule has 0 bridgehead atoms. The summed E-state index contributed by atoms with van der Waals surface area (Å²) in [6.45, 7) is 4.22. The second kappa shape index (κ2) is 13.3. The van der Waals surface area contributed by atoms with Crippen molar-refractivity contribution < 1.29 is 27.9 Å². The van der Waals surface area contributed by atoms with Crippen LogP contribution in [0.3, 0.4) is 0 Å². The second-order valence-electron chi connectivity index (χ2n) is 10.7. The molecule has 32 heavy (non-hydrogen) atoms. The van der Waals surface area contributed by atoms with E-state index < -0.39 is 17.1 Å². The van der Waals surface area contributed by atoms with Gasteiger partial charge in [0.1, 0.15) is 0 Å². The molecule has 0 aromatic heterocycles. The Morgan fingerprint density at radius 2 is 0.969 bits per heavy atom. The normalized spacial score (nSPS) is 32.2. The van der Waals surface area contributed by atoms with Crippen LogP contribution in [0.25, 0.3) is 0 Å². The van der Waals surface area contributed by atoms with E-state index in [4.69, 9.17) is 17.7 Å². The van der Waals surface area contributed by atoms with Crippen LogP contribution in [0.5, 0.6) is 0 Å².